The van der Waals surface area contributed by atoms with Crippen molar-refractivity contribution in [3.8, 4) is 0 Å². The summed E-state index contributed by atoms with van der Waals surface area (Å²) >= 11 is 0. The summed E-state index contributed by atoms with van der Waals surface area (Å²) in [7, 11) is 0. The number of H-pyrrole nitrogens is 1. The van der Waals surface area contributed by atoms with Crippen LogP contribution in [0.25, 0.3) is 0 Å². The molecule has 0 bridgehead atoms. The summed E-state index contributed by atoms with van der Waals surface area (Å²) in [5.41, 5.74) is -4.67. The molecule has 1 aliphatic rings. The number of ether oxygens (including phenoxy) is 1. The Morgan fingerprint density at radius 1 is 0.939 bits per heavy atom. The lowest BCUT2D eigenvalue weighted by Gasteiger charge is -2.32. The van der Waals surface area contributed by atoms with Crippen LogP contribution < -0.4 is 0 Å². The summed E-state index contributed by atoms with van der Waals surface area (Å²) in [5.74, 6) is 0. The van der Waals surface area contributed by atoms with Crippen molar-refractivity contribution in [1.29, 1.82) is 0 Å². The van der Waals surface area contributed by atoms with Gasteiger partial charge in [-0.05, 0) is 43.2 Å². The van der Waals surface area contributed by atoms with Crippen LogP contribution >= 0.6 is 0 Å². The fourth-order valence-corrected chi connectivity index (χ4v) is 3.65. The molecular formula is C20H17F9N2O2. The highest BCUT2D eigenvalue weighted by atomic mass is 19.4. The smallest absolute Gasteiger partial charge is 0.418 e. The van der Waals surface area contributed by atoms with Crippen LogP contribution in [0.3, 0.4) is 0 Å². The van der Waals surface area contributed by atoms with Crippen LogP contribution in [0.15, 0.2) is 18.2 Å². The van der Waals surface area contributed by atoms with E-state index in [0.29, 0.717) is 12.1 Å². The molecule has 0 aliphatic carbocycles. The molecule has 3 rings (SSSR count). The molecule has 0 radical (unpaired) electrons. The number of rotatable bonds is 3. The monoisotopic (exact) mass is 488 g/mol. The lowest BCUT2D eigenvalue weighted by Crippen LogP contribution is -2.39. The molecule has 0 spiro atoms. The fourth-order valence-electron chi connectivity index (χ4n) is 3.65. The Morgan fingerprint density at radius 2 is 1.48 bits per heavy atom. The zero-order valence-electron chi connectivity index (χ0n) is 17.1. The summed E-state index contributed by atoms with van der Waals surface area (Å²) in [5, 5.41) is 0. The highest BCUT2D eigenvalue weighted by Crippen LogP contribution is 2.40. The van der Waals surface area contributed by atoms with Crippen LogP contribution in [-0.2, 0) is 29.8 Å². The van der Waals surface area contributed by atoms with Crippen molar-refractivity contribution < 1.29 is 49.0 Å². The van der Waals surface area contributed by atoms with Crippen LogP contribution in [0.2, 0.25) is 0 Å². The minimum atomic E-state index is -5.07. The topological polar surface area (TPSA) is 45.3 Å². The lowest BCUT2D eigenvalue weighted by molar-refractivity contribution is -0.143. The Labute approximate surface area is 181 Å². The second kappa shape index (κ2) is 8.17. The third-order valence-corrected chi connectivity index (χ3v) is 5.35. The van der Waals surface area contributed by atoms with Crippen LogP contribution in [-0.4, -0.2) is 22.5 Å². The van der Waals surface area contributed by atoms with E-state index in [0.717, 1.165) is 4.90 Å². The van der Waals surface area contributed by atoms with Crippen molar-refractivity contribution in [3.63, 3.8) is 0 Å². The Hall–Kier alpha value is -2.86. The van der Waals surface area contributed by atoms with Crippen molar-refractivity contribution in [1.82, 2.24) is 9.88 Å². The van der Waals surface area contributed by atoms with Gasteiger partial charge >= 0.3 is 24.6 Å². The maximum atomic E-state index is 13.4. The molecule has 13 heteroatoms. The molecule has 1 aromatic carbocycles. The number of benzene rings is 1. The highest BCUT2D eigenvalue weighted by molar-refractivity contribution is 5.69. The minimum absolute atomic E-state index is 0.0466. The average Bonchev–Trinajstić information content (AvgIpc) is 2.95. The number of carbonyl (C=O) groups is 1. The van der Waals surface area contributed by atoms with E-state index < -0.39 is 59.5 Å². The number of aryl methyl sites for hydroxylation is 1. The SMILES string of the molecule is Cc1[nH]c(CN2CCC(c3cc(C(F)(F)F)cc(C(F)(F)F)c3)OC2=O)c(C(F)(F)F)c1C. The van der Waals surface area contributed by atoms with Gasteiger partial charge in [0.05, 0.1) is 23.2 Å². The molecule has 1 unspecified atom stereocenters. The number of hydrogen-bond donors (Lipinski definition) is 1. The van der Waals surface area contributed by atoms with E-state index in [2.05, 4.69) is 4.98 Å². The second-order valence-electron chi connectivity index (χ2n) is 7.65. The van der Waals surface area contributed by atoms with E-state index >= 15 is 0 Å². The fraction of sp³-hybridized carbons (Fsp3) is 0.450. The van der Waals surface area contributed by atoms with E-state index in [1.165, 1.54) is 13.8 Å². The first-order valence-corrected chi connectivity index (χ1v) is 9.48. The number of hydrogen-bond acceptors (Lipinski definition) is 2. The number of nitrogens with one attached hydrogen (secondary N) is 1. The molecular weight excluding hydrogens is 471 g/mol. The first kappa shape index (κ1) is 24.8. The zero-order chi connectivity index (χ0) is 24.9. The van der Waals surface area contributed by atoms with Crippen LogP contribution in [0.4, 0.5) is 44.3 Å². The predicted octanol–water partition coefficient (Wildman–Crippen LogP) is 6.77. The van der Waals surface area contributed by atoms with Crippen molar-refractivity contribution in [3.05, 3.63) is 57.4 Å². The maximum absolute atomic E-state index is 13.4. The standard InChI is InChI=1S/C20H17F9N2O2/c1-9-10(2)30-14(16(9)20(27,28)29)8-31-4-3-15(33-17(31)32)11-5-12(18(21,22)23)7-13(6-11)19(24,25)26/h5-7,15,30H,3-4,8H2,1-2H3. The number of alkyl halides is 9. The van der Waals surface area contributed by atoms with Gasteiger partial charge in [-0.25, -0.2) is 4.79 Å². The molecule has 182 valence electrons. The first-order chi connectivity index (χ1) is 15.0. The van der Waals surface area contributed by atoms with E-state index in [4.69, 9.17) is 4.74 Å². The summed E-state index contributed by atoms with van der Waals surface area (Å²) in [6, 6.07) is 0.875. The molecule has 33 heavy (non-hydrogen) atoms. The van der Waals surface area contributed by atoms with Gasteiger partial charge in [0.1, 0.15) is 6.10 Å². The van der Waals surface area contributed by atoms with Gasteiger partial charge in [0.15, 0.2) is 0 Å². The number of halogens is 9. The number of aromatic amines is 1. The molecule has 1 N–H and O–H groups in total. The Balaban J connectivity index is 1.85. The number of cyclic esters (lactones) is 1. The van der Waals surface area contributed by atoms with Crippen molar-refractivity contribution in [2.75, 3.05) is 6.54 Å². The number of nitrogens with zero attached hydrogens (tertiary/aromatic N) is 1. The van der Waals surface area contributed by atoms with Crippen LogP contribution in [0.1, 0.15) is 51.7 Å². The Morgan fingerprint density at radius 3 is 1.94 bits per heavy atom. The van der Waals surface area contributed by atoms with E-state index in [9.17, 15) is 44.3 Å². The van der Waals surface area contributed by atoms with Gasteiger partial charge < -0.3 is 14.6 Å². The molecule has 4 nitrogen and oxygen atoms in total. The molecule has 1 amide bonds. The summed E-state index contributed by atoms with van der Waals surface area (Å²) in [4.78, 5) is 15.8. The lowest BCUT2D eigenvalue weighted by atomic mass is 9.98. The van der Waals surface area contributed by atoms with Gasteiger partial charge in [-0.15, -0.1) is 0 Å². The van der Waals surface area contributed by atoms with Crippen molar-refractivity contribution in [2.45, 2.75) is 51.4 Å². The molecule has 2 aromatic rings. The van der Waals surface area contributed by atoms with E-state index in [1.54, 1.807) is 0 Å². The molecule has 0 saturated carbocycles. The summed E-state index contributed by atoms with van der Waals surface area (Å²) in [6.45, 7) is 1.92. The normalized spacial score (nSPS) is 18.0. The van der Waals surface area contributed by atoms with Crippen molar-refractivity contribution in [2.24, 2.45) is 0 Å². The highest BCUT2D eigenvalue weighted by Gasteiger charge is 2.40. The van der Waals surface area contributed by atoms with Crippen LogP contribution in [0.5, 0.6) is 0 Å². The number of aromatic nitrogens is 1. The molecule has 1 aromatic heterocycles. The van der Waals surface area contributed by atoms with Crippen molar-refractivity contribution >= 4 is 6.09 Å². The quantitative estimate of drug-likeness (QED) is 0.485. The molecule has 1 atom stereocenters. The maximum Gasteiger partial charge on any atom is 0.418 e. The second-order valence-corrected chi connectivity index (χ2v) is 7.65. The molecule has 1 fully saturated rings. The average molecular weight is 488 g/mol. The summed E-state index contributed by atoms with van der Waals surface area (Å²) < 4.78 is 124. The Bertz CT molecular complexity index is 1020. The van der Waals surface area contributed by atoms with Gasteiger partial charge in [0.25, 0.3) is 0 Å². The molecule has 1 aliphatic heterocycles. The largest absolute Gasteiger partial charge is 0.441 e. The van der Waals surface area contributed by atoms with Gasteiger partial charge in [-0.2, -0.15) is 39.5 Å². The minimum Gasteiger partial charge on any atom is -0.441 e. The molecule has 1 saturated heterocycles. The number of amides is 1. The van der Waals surface area contributed by atoms with Gasteiger partial charge in [0.2, 0.25) is 0 Å². The van der Waals surface area contributed by atoms with Crippen LogP contribution in [0, 0.1) is 13.8 Å². The first-order valence-electron chi connectivity index (χ1n) is 9.48. The van der Waals surface area contributed by atoms with Gasteiger partial charge in [-0.1, -0.05) is 0 Å². The van der Waals surface area contributed by atoms with E-state index in [-0.39, 0.29) is 36.0 Å². The molecule has 2 heterocycles. The summed E-state index contributed by atoms with van der Waals surface area (Å²) in [6.07, 6.45) is -17.6. The van der Waals surface area contributed by atoms with Gasteiger partial charge in [-0.3, -0.25) is 0 Å². The van der Waals surface area contributed by atoms with E-state index in [1.807, 2.05) is 0 Å². The van der Waals surface area contributed by atoms with Gasteiger partial charge in [0, 0.05) is 24.4 Å². The third-order valence-electron chi connectivity index (χ3n) is 5.35. The third kappa shape index (κ3) is 5.22. The predicted molar refractivity (Wildman–Crippen MR) is 96.0 cm³/mol. The zero-order valence-corrected chi connectivity index (χ0v) is 17.1. The Kier molecular flexibility index (Phi) is 6.13. The number of carbonyl (C=O) groups excluding carboxylic acids is 1.